The molecule has 0 saturated carbocycles. The third kappa shape index (κ3) is 2.71. The van der Waals surface area contributed by atoms with Crippen LogP contribution in [-0.2, 0) is 0 Å². The van der Waals surface area contributed by atoms with Gasteiger partial charge in [-0.25, -0.2) is 0 Å². The Hall–Kier alpha value is -2.18. The van der Waals surface area contributed by atoms with E-state index in [1.165, 1.54) is 11.1 Å². The molecule has 1 amide bonds. The first-order valence-electron chi connectivity index (χ1n) is 6.30. The highest BCUT2D eigenvalue weighted by Crippen LogP contribution is 2.08. The van der Waals surface area contributed by atoms with Gasteiger partial charge in [-0.1, -0.05) is 12.1 Å². The van der Waals surface area contributed by atoms with E-state index in [0.717, 1.165) is 0 Å². The molecule has 3 N–H and O–H groups in total. The monoisotopic (exact) mass is 276 g/mol. The molecule has 0 spiro atoms. The number of hydrogen-bond donors (Lipinski definition) is 3. The molecule has 0 atom stereocenters. The molecule has 1 aromatic heterocycles. The van der Waals surface area contributed by atoms with E-state index in [1.54, 1.807) is 24.3 Å². The Kier molecular flexibility index (Phi) is 4.49. The minimum Gasteiger partial charge on any atom is -0.395 e. The number of aromatic nitrogens is 1. The van der Waals surface area contributed by atoms with E-state index >= 15 is 0 Å². The van der Waals surface area contributed by atoms with Crippen molar-refractivity contribution in [3.63, 3.8) is 0 Å². The molecule has 0 fully saturated rings. The number of nitrogens with one attached hydrogen (secondary N) is 1. The van der Waals surface area contributed by atoms with Crippen LogP contribution in [0.25, 0.3) is 10.9 Å². The number of benzene rings is 1. The second kappa shape index (κ2) is 6.31. The lowest BCUT2D eigenvalue weighted by atomic mass is 10.1. The lowest BCUT2D eigenvalue weighted by molar-refractivity contribution is 0.0683. The van der Waals surface area contributed by atoms with Crippen LogP contribution >= 0.6 is 0 Å². The summed E-state index contributed by atoms with van der Waals surface area (Å²) in [7, 11) is 0. The molecule has 6 heteroatoms. The number of aliphatic hydroxyl groups excluding tert-OH is 2. The van der Waals surface area contributed by atoms with Crippen molar-refractivity contribution in [2.24, 2.45) is 0 Å². The number of aliphatic hydroxyl groups is 2. The zero-order chi connectivity index (χ0) is 14.5. The first kappa shape index (κ1) is 14.2. The summed E-state index contributed by atoms with van der Waals surface area (Å²) >= 11 is 0. The quantitative estimate of drug-likeness (QED) is 0.714. The van der Waals surface area contributed by atoms with Crippen LogP contribution in [0.15, 0.2) is 35.3 Å². The Morgan fingerprint density at radius 2 is 1.80 bits per heavy atom. The molecule has 0 aliphatic rings. The van der Waals surface area contributed by atoms with Gasteiger partial charge in [0, 0.05) is 30.2 Å². The van der Waals surface area contributed by atoms with Gasteiger partial charge in [-0.05, 0) is 12.1 Å². The van der Waals surface area contributed by atoms with Crippen molar-refractivity contribution >= 4 is 16.8 Å². The molecule has 2 aromatic rings. The highest BCUT2D eigenvalue weighted by molar-refractivity contribution is 5.97. The summed E-state index contributed by atoms with van der Waals surface area (Å²) in [5.74, 6) is -0.500. The first-order valence-corrected chi connectivity index (χ1v) is 6.30. The lowest BCUT2D eigenvalue weighted by Crippen LogP contribution is -2.38. The molecule has 0 aliphatic heterocycles. The lowest BCUT2D eigenvalue weighted by Gasteiger charge is -2.20. The third-order valence-corrected chi connectivity index (χ3v) is 3.05. The topological polar surface area (TPSA) is 93.6 Å². The van der Waals surface area contributed by atoms with Crippen LogP contribution in [0.5, 0.6) is 0 Å². The predicted octanol–water partition coefficient (Wildman–Crippen LogP) is -0.0451. The van der Waals surface area contributed by atoms with Crippen molar-refractivity contribution in [2.75, 3.05) is 26.3 Å². The number of carbonyl (C=O) groups excluding carboxylic acids is 1. The van der Waals surface area contributed by atoms with E-state index in [0.29, 0.717) is 10.9 Å². The molecule has 2 rings (SSSR count). The summed E-state index contributed by atoms with van der Waals surface area (Å²) < 4.78 is 0. The summed E-state index contributed by atoms with van der Waals surface area (Å²) in [5.41, 5.74) is 0.306. The first-order chi connectivity index (χ1) is 9.69. The highest BCUT2D eigenvalue weighted by atomic mass is 16.3. The fourth-order valence-electron chi connectivity index (χ4n) is 2.05. The molecule has 0 saturated heterocycles. The van der Waals surface area contributed by atoms with Crippen molar-refractivity contribution in [2.45, 2.75) is 0 Å². The molecular formula is C14H16N2O4. The molecule has 0 radical (unpaired) electrons. The van der Waals surface area contributed by atoms with Crippen molar-refractivity contribution < 1.29 is 15.0 Å². The van der Waals surface area contributed by atoms with Crippen LogP contribution in [0, 0.1) is 0 Å². The van der Waals surface area contributed by atoms with Crippen molar-refractivity contribution in [1.29, 1.82) is 0 Å². The zero-order valence-corrected chi connectivity index (χ0v) is 10.9. The average Bonchev–Trinajstić information content (AvgIpc) is 2.47. The summed E-state index contributed by atoms with van der Waals surface area (Å²) in [4.78, 5) is 28.7. The normalized spacial score (nSPS) is 10.7. The number of para-hydroxylation sites is 1. The van der Waals surface area contributed by atoms with Crippen molar-refractivity contribution in [3.05, 3.63) is 46.2 Å². The SMILES string of the molecule is O=C(c1c[nH]c2ccccc2c1=O)N(CCO)CCO. The molecule has 0 bridgehead atoms. The Bertz CT molecular complexity index is 660. The van der Waals surface area contributed by atoms with Crippen LogP contribution in [0.4, 0.5) is 0 Å². The smallest absolute Gasteiger partial charge is 0.259 e. The number of pyridine rings is 1. The minimum atomic E-state index is -0.500. The van der Waals surface area contributed by atoms with Gasteiger partial charge in [-0.2, -0.15) is 0 Å². The summed E-state index contributed by atoms with van der Waals surface area (Å²) in [5, 5.41) is 18.3. The number of H-pyrrole nitrogens is 1. The molecular weight excluding hydrogens is 260 g/mol. The van der Waals surface area contributed by atoms with Crippen molar-refractivity contribution in [3.8, 4) is 0 Å². The van der Waals surface area contributed by atoms with Gasteiger partial charge in [0.1, 0.15) is 5.56 Å². The number of fused-ring (bicyclic) bond motifs is 1. The van der Waals surface area contributed by atoms with Crippen molar-refractivity contribution in [1.82, 2.24) is 9.88 Å². The number of hydrogen-bond acceptors (Lipinski definition) is 4. The van der Waals surface area contributed by atoms with Crippen LogP contribution in [0.3, 0.4) is 0 Å². The van der Waals surface area contributed by atoms with Gasteiger partial charge in [0.2, 0.25) is 5.43 Å². The number of aromatic amines is 1. The van der Waals surface area contributed by atoms with E-state index < -0.39 is 5.91 Å². The van der Waals surface area contributed by atoms with Gasteiger partial charge >= 0.3 is 0 Å². The van der Waals surface area contributed by atoms with E-state index in [9.17, 15) is 9.59 Å². The molecule has 106 valence electrons. The standard InChI is InChI=1S/C14H16N2O4/c17-7-5-16(6-8-18)14(20)11-9-15-12-4-2-1-3-10(12)13(11)19/h1-4,9,17-18H,5-8H2,(H,15,19). The van der Waals surface area contributed by atoms with Gasteiger partial charge < -0.3 is 20.1 Å². The number of amides is 1. The second-order valence-electron chi connectivity index (χ2n) is 4.32. The van der Waals surface area contributed by atoms with Gasteiger partial charge in [-0.15, -0.1) is 0 Å². The van der Waals surface area contributed by atoms with E-state index in [1.807, 2.05) is 0 Å². The van der Waals surface area contributed by atoms with Crippen LogP contribution in [0.2, 0.25) is 0 Å². The van der Waals surface area contributed by atoms with Gasteiger partial charge in [-0.3, -0.25) is 9.59 Å². The number of rotatable bonds is 5. The zero-order valence-electron chi connectivity index (χ0n) is 10.9. The Morgan fingerprint density at radius 3 is 2.45 bits per heavy atom. The van der Waals surface area contributed by atoms with Gasteiger partial charge in [0.25, 0.3) is 5.91 Å². The highest BCUT2D eigenvalue weighted by Gasteiger charge is 2.19. The maximum absolute atomic E-state index is 12.3. The maximum atomic E-state index is 12.3. The predicted molar refractivity (Wildman–Crippen MR) is 74.6 cm³/mol. The molecule has 1 heterocycles. The molecule has 0 unspecified atom stereocenters. The van der Waals surface area contributed by atoms with Gasteiger partial charge in [0.05, 0.1) is 13.2 Å². The fourth-order valence-corrected chi connectivity index (χ4v) is 2.05. The maximum Gasteiger partial charge on any atom is 0.259 e. The molecule has 20 heavy (non-hydrogen) atoms. The summed E-state index contributed by atoms with van der Waals surface area (Å²) in [6.45, 7) is -0.300. The third-order valence-electron chi connectivity index (χ3n) is 3.05. The fraction of sp³-hybridized carbons (Fsp3) is 0.286. The van der Waals surface area contributed by atoms with Crippen LogP contribution < -0.4 is 5.43 Å². The molecule has 1 aromatic carbocycles. The Labute approximate surface area is 115 Å². The Morgan fingerprint density at radius 1 is 1.15 bits per heavy atom. The van der Waals surface area contributed by atoms with Gasteiger partial charge in [0.15, 0.2) is 0 Å². The van der Waals surface area contributed by atoms with E-state index in [4.69, 9.17) is 10.2 Å². The second-order valence-corrected chi connectivity index (χ2v) is 4.32. The molecule has 6 nitrogen and oxygen atoms in total. The minimum absolute atomic E-state index is 0.00519. The largest absolute Gasteiger partial charge is 0.395 e. The van der Waals surface area contributed by atoms with Crippen LogP contribution in [0.1, 0.15) is 10.4 Å². The number of carbonyl (C=O) groups is 1. The molecule has 0 aliphatic carbocycles. The number of nitrogens with zero attached hydrogens (tertiary/aromatic N) is 1. The summed E-state index contributed by atoms with van der Waals surface area (Å²) in [6.07, 6.45) is 1.37. The average molecular weight is 276 g/mol. The van der Waals surface area contributed by atoms with Crippen LogP contribution in [-0.4, -0.2) is 52.3 Å². The van der Waals surface area contributed by atoms with E-state index in [2.05, 4.69) is 4.98 Å². The summed E-state index contributed by atoms with van der Waals surface area (Å²) in [6, 6.07) is 6.92. The Balaban J connectivity index is 2.44. The van der Waals surface area contributed by atoms with E-state index in [-0.39, 0.29) is 37.3 Å².